The quantitative estimate of drug-likeness (QED) is 0.407. The maximum Gasteiger partial charge on any atom is 0.285 e. The molecule has 1 aromatic heterocycles. The van der Waals surface area contributed by atoms with E-state index in [2.05, 4.69) is 4.98 Å². The number of likely N-dealkylation sites (tertiary alicyclic amines) is 1. The number of halogens is 2. The summed E-state index contributed by atoms with van der Waals surface area (Å²) < 4.78 is 29.6. The average Bonchev–Trinajstić information content (AvgIpc) is 3.28. The normalized spacial score (nSPS) is 18.3. The second kappa shape index (κ2) is 9.78. The summed E-state index contributed by atoms with van der Waals surface area (Å²) in [5.41, 5.74) is 5.63. The van der Waals surface area contributed by atoms with Gasteiger partial charge < -0.3 is 0 Å². The van der Waals surface area contributed by atoms with Gasteiger partial charge in [-0.15, -0.1) is 0 Å². The lowest BCUT2D eigenvalue weighted by molar-refractivity contribution is -0.0462. The van der Waals surface area contributed by atoms with Crippen molar-refractivity contribution in [1.82, 2.24) is 9.88 Å². The van der Waals surface area contributed by atoms with Crippen LogP contribution in [0.5, 0.6) is 0 Å². The monoisotopic (exact) mass is 473 g/mol. The van der Waals surface area contributed by atoms with Gasteiger partial charge in [-0.05, 0) is 56.0 Å². The van der Waals surface area contributed by atoms with Crippen LogP contribution in [0.4, 0.5) is 8.78 Å². The number of piperidine rings is 1. The highest BCUT2D eigenvalue weighted by atomic mass is 19.3. The predicted molar refractivity (Wildman–Crippen MR) is 133 cm³/mol. The first-order chi connectivity index (χ1) is 16.9. The molecule has 0 spiro atoms. The molecule has 3 heterocycles. The molecule has 2 aliphatic heterocycles. The number of aryl methyl sites for hydroxylation is 1. The summed E-state index contributed by atoms with van der Waals surface area (Å²) in [6.07, 6.45) is 3.85. The number of pyridine rings is 1. The molecule has 180 valence electrons. The van der Waals surface area contributed by atoms with Gasteiger partial charge in [0, 0.05) is 47.1 Å². The standard InChI is InChI=1S/C29H29F2N3O/c1-20-14-23(11-12-32-20)28-26-16-22(9-10-24(26)17-33-28)27(35)15-21-6-5-13-34(18-21)19-29(30,31)25-7-3-2-4-8-25/h2-4,7-12,14,16,21H,5-6,13,15,17-19H2,1H3/t21-/m0/s1. The van der Waals surface area contributed by atoms with E-state index in [1.165, 1.54) is 12.1 Å². The Labute approximate surface area is 204 Å². The van der Waals surface area contributed by atoms with Gasteiger partial charge in [-0.2, -0.15) is 8.78 Å². The number of Topliss-reactive ketones (excluding diaryl/α,β-unsaturated/α-hetero) is 1. The van der Waals surface area contributed by atoms with Gasteiger partial charge in [0.2, 0.25) is 0 Å². The molecular formula is C29H29F2N3O. The van der Waals surface area contributed by atoms with Crippen LogP contribution in [-0.4, -0.2) is 41.0 Å². The van der Waals surface area contributed by atoms with Crippen LogP contribution in [0.15, 0.2) is 71.9 Å². The van der Waals surface area contributed by atoms with Gasteiger partial charge in [-0.3, -0.25) is 19.7 Å². The van der Waals surface area contributed by atoms with Crippen molar-refractivity contribution in [2.24, 2.45) is 10.9 Å². The number of benzene rings is 2. The second-order valence-corrected chi connectivity index (χ2v) is 9.66. The molecule has 6 heteroatoms. The third-order valence-electron chi connectivity index (χ3n) is 6.96. The van der Waals surface area contributed by atoms with Gasteiger partial charge in [0.25, 0.3) is 5.92 Å². The number of rotatable bonds is 7. The van der Waals surface area contributed by atoms with E-state index in [0.29, 0.717) is 31.6 Å². The summed E-state index contributed by atoms with van der Waals surface area (Å²) in [6, 6.07) is 17.7. The first-order valence-electron chi connectivity index (χ1n) is 12.2. The molecule has 0 saturated carbocycles. The summed E-state index contributed by atoms with van der Waals surface area (Å²) in [6.45, 7) is 3.39. The Morgan fingerprint density at radius 3 is 2.74 bits per heavy atom. The Hall–Kier alpha value is -3.25. The first-order valence-corrected chi connectivity index (χ1v) is 12.2. The van der Waals surface area contributed by atoms with Crippen LogP contribution in [0, 0.1) is 12.8 Å². The summed E-state index contributed by atoms with van der Waals surface area (Å²) >= 11 is 0. The molecule has 4 nitrogen and oxygen atoms in total. The van der Waals surface area contributed by atoms with E-state index >= 15 is 0 Å². The molecule has 2 aromatic carbocycles. The van der Waals surface area contributed by atoms with E-state index in [9.17, 15) is 13.6 Å². The number of ketones is 1. The van der Waals surface area contributed by atoms with Gasteiger partial charge in [0.05, 0.1) is 18.8 Å². The minimum atomic E-state index is -2.91. The highest BCUT2D eigenvalue weighted by Gasteiger charge is 2.35. The van der Waals surface area contributed by atoms with E-state index in [1.807, 2.05) is 42.2 Å². The number of hydrogen-bond acceptors (Lipinski definition) is 4. The van der Waals surface area contributed by atoms with E-state index in [1.54, 1.807) is 24.4 Å². The van der Waals surface area contributed by atoms with Crippen molar-refractivity contribution in [3.8, 4) is 0 Å². The van der Waals surface area contributed by atoms with Crippen molar-refractivity contribution in [2.75, 3.05) is 19.6 Å². The average molecular weight is 474 g/mol. The van der Waals surface area contributed by atoms with Crippen LogP contribution in [-0.2, 0) is 12.5 Å². The fourth-order valence-electron chi connectivity index (χ4n) is 5.19. The molecular weight excluding hydrogens is 444 g/mol. The molecule has 1 fully saturated rings. The van der Waals surface area contributed by atoms with Crippen LogP contribution in [0.3, 0.4) is 0 Å². The number of carbonyl (C=O) groups is 1. The Morgan fingerprint density at radius 2 is 1.94 bits per heavy atom. The summed E-state index contributed by atoms with van der Waals surface area (Å²) in [7, 11) is 0. The van der Waals surface area contributed by atoms with Gasteiger partial charge in [-0.1, -0.05) is 42.5 Å². The van der Waals surface area contributed by atoms with E-state index in [0.717, 1.165) is 40.9 Å². The molecule has 0 N–H and O–H groups in total. The molecule has 35 heavy (non-hydrogen) atoms. The highest BCUT2D eigenvalue weighted by Crippen LogP contribution is 2.32. The van der Waals surface area contributed by atoms with Crippen LogP contribution < -0.4 is 0 Å². The third kappa shape index (κ3) is 5.22. The molecule has 0 bridgehead atoms. The van der Waals surface area contributed by atoms with Crippen LogP contribution in [0.2, 0.25) is 0 Å². The number of aromatic nitrogens is 1. The maximum absolute atomic E-state index is 14.8. The SMILES string of the molecule is Cc1cc(C2=NCc3ccc(C(=O)C[C@@H]4CCCN(CC(F)(F)c5ccccc5)C4)cc32)ccn1. The number of fused-ring (bicyclic) bond motifs is 1. The molecule has 0 radical (unpaired) electrons. The molecule has 0 unspecified atom stereocenters. The minimum absolute atomic E-state index is 0.0400. The lowest BCUT2D eigenvalue weighted by Crippen LogP contribution is -2.42. The zero-order valence-electron chi connectivity index (χ0n) is 19.9. The van der Waals surface area contributed by atoms with E-state index in [-0.39, 0.29) is 23.8 Å². The number of aliphatic imine (C=N–C) groups is 1. The van der Waals surface area contributed by atoms with Gasteiger partial charge >= 0.3 is 0 Å². The van der Waals surface area contributed by atoms with Crippen molar-refractivity contribution in [3.63, 3.8) is 0 Å². The summed E-state index contributed by atoms with van der Waals surface area (Å²) in [5, 5.41) is 0. The Bertz CT molecular complexity index is 1260. The topological polar surface area (TPSA) is 45.6 Å². The van der Waals surface area contributed by atoms with Crippen molar-refractivity contribution in [2.45, 2.75) is 38.7 Å². The zero-order chi connectivity index (χ0) is 24.4. The molecule has 1 saturated heterocycles. The number of carbonyl (C=O) groups excluding carboxylic acids is 1. The van der Waals surface area contributed by atoms with Gasteiger partial charge in [0.1, 0.15) is 0 Å². The largest absolute Gasteiger partial charge is 0.297 e. The summed E-state index contributed by atoms with van der Waals surface area (Å²) in [4.78, 5) is 24.0. The minimum Gasteiger partial charge on any atom is -0.297 e. The molecule has 0 aliphatic carbocycles. The maximum atomic E-state index is 14.8. The lowest BCUT2D eigenvalue weighted by Gasteiger charge is -2.34. The molecule has 1 atom stereocenters. The van der Waals surface area contributed by atoms with Crippen LogP contribution >= 0.6 is 0 Å². The molecule has 0 amide bonds. The number of hydrogen-bond donors (Lipinski definition) is 0. The predicted octanol–water partition coefficient (Wildman–Crippen LogP) is 5.82. The Balaban J connectivity index is 1.26. The van der Waals surface area contributed by atoms with Gasteiger partial charge in [-0.25, -0.2) is 0 Å². The molecule has 2 aliphatic rings. The molecule has 3 aromatic rings. The van der Waals surface area contributed by atoms with E-state index < -0.39 is 5.92 Å². The van der Waals surface area contributed by atoms with Crippen molar-refractivity contribution in [3.05, 3.63) is 100 Å². The highest BCUT2D eigenvalue weighted by molar-refractivity contribution is 6.16. The third-order valence-corrected chi connectivity index (χ3v) is 6.96. The van der Waals surface area contributed by atoms with Crippen molar-refractivity contribution < 1.29 is 13.6 Å². The Kier molecular flexibility index (Phi) is 6.56. The zero-order valence-corrected chi connectivity index (χ0v) is 19.9. The van der Waals surface area contributed by atoms with E-state index in [4.69, 9.17) is 4.99 Å². The lowest BCUT2D eigenvalue weighted by atomic mass is 9.89. The van der Waals surface area contributed by atoms with Crippen molar-refractivity contribution >= 4 is 11.5 Å². The molecule has 5 rings (SSSR count). The smallest absolute Gasteiger partial charge is 0.285 e. The second-order valence-electron chi connectivity index (χ2n) is 9.66. The first kappa shape index (κ1) is 23.5. The van der Waals surface area contributed by atoms with Crippen LogP contribution in [0.1, 0.15) is 57.6 Å². The number of nitrogens with zero attached hydrogens (tertiary/aromatic N) is 3. The van der Waals surface area contributed by atoms with Crippen molar-refractivity contribution in [1.29, 1.82) is 0 Å². The number of alkyl halides is 2. The fraction of sp³-hybridized carbons (Fsp3) is 0.345. The Morgan fingerprint density at radius 1 is 1.11 bits per heavy atom. The summed E-state index contributed by atoms with van der Waals surface area (Å²) in [5.74, 6) is -2.77. The van der Waals surface area contributed by atoms with Crippen LogP contribution in [0.25, 0.3) is 0 Å². The fourth-order valence-corrected chi connectivity index (χ4v) is 5.19. The van der Waals surface area contributed by atoms with Gasteiger partial charge in [0.15, 0.2) is 5.78 Å².